The summed E-state index contributed by atoms with van der Waals surface area (Å²) in [6.07, 6.45) is 7.55. The van der Waals surface area contributed by atoms with Crippen LogP contribution in [-0.4, -0.2) is 21.2 Å². The highest BCUT2D eigenvalue weighted by Crippen LogP contribution is 2.47. The predicted molar refractivity (Wildman–Crippen MR) is 279 cm³/mol. The minimum atomic E-state index is -0.0873. The van der Waals surface area contributed by atoms with Crippen LogP contribution in [0.1, 0.15) is 52.7 Å². The highest BCUT2D eigenvalue weighted by atomic mass is 15.2. The summed E-state index contributed by atoms with van der Waals surface area (Å²) in [5.41, 5.74) is 21.4. The monoisotopic (exact) mass is 851 g/mol. The smallest absolute Gasteiger partial charge is 0.252 e. The second-order valence-corrected chi connectivity index (χ2v) is 20.0. The molecule has 3 aromatic heterocycles. The molecule has 0 radical (unpaired) electrons. The van der Waals surface area contributed by atoms with E-state index in [4.69, 9.17) is 0 Å². The summed E-state index contributed by atoms with van der Waals surface area (Å²) in [5, 5.41) is 2.51. The Labute approximate surface area is 387 Å². The molecule has 0 aliphatic carbocycles. The van der Waals surface area contributed by atoms with E-state index in [0.29, 0.717) is 0 Å². The number of benzene rings is 7. The molecule has 0 unspecified atom stereocenters. The van der Waals surface area contributed by atoms with E-state index in [9.17, 15) is 0 Å². The molecule has 7 aromatic carbocycles. The molecule has 6 heteroatoms. The first kappa shape index (κ1) is 39.9. The Morgan fingerprint density at radius 1 is 0.379 bits per heavy atom. The second kappa shape index (κ2) is 14.9. The minimum absolute atomic E-state index is 0.0347. The lowest BCUT2D eigenvalue weighted by atomic mass is 9.33. The molecule has 5 heterocycles. The minimum Gasteiger partial charge on any atom is -0.311 e. The first-order valence-corrected chi connectivity index (χ1v) is 23.1. The van der Waals surface area contributed by atoms with Gasteiger partial charge in [0.25, 0.3) is 6.71 Å². The number of nitrogens with zero attached hydrogens (tertiary/aromatic N) is 5. The van der Waals surface area contributed by atoms with Crippen molar-refractivity contribution >= 4 is 79.0 Å². The number of aromatic nitrogens is 3. The van der Waals surface area contributed by atoms with Gasteiger partial charge in [-0.25, -0.2) is 0 Å². The van der Waals surface area contributed by atoms with Crippen LogP contribution < -0.4 is 26.2 Å². The number of hydrogen-bond acceptors (Lipinski definition) is 4. The van der Waals surface area contributed by atoms with Gasteiger partial charge < -0.3 is 14.4 Å². The van der Waals surface area contributed by atoms with Gasteiger partial charge in [0.15, 0.2) is 0 Å². The van der Waals surface area contributed by atoms with Crippen molar-refractivity contribution in [3.63, 3.8) is 0 Å². The lowest BCUT2D eigenvalue weighted by Crippen LogP contribution is -2.61. The van der Waals surface area contributed by atoms with E-state index >= 15 is 0 Å². The van der Waals surface area contributed by atoms with Gasteiger partial charge in [-0.1, -0.05) is 126 Å². The van der Waals surface area contributed by atoms with Crippen molar-refractivity contribution in [3.8, 4) is 27.9 Å². The summed E-state index contributed by atoms with van der Waals surface area (Å²) in [6, 6.07) is 63.6. The second-order valence-electron chi connectivity index (χ2n) is 20.0. The Bertz CT molecular complexity index is 3270. The van der Waals surface area contributed by atoms with Gasteiger partial charge in [0, 0.05) is 69.7 Å². The molecule has 66 heavy (non-hydrogen) atoms. The van der Waals surface area contributed by atoms with Crippen LogP contribution in [0.3, 0.4) is 0 Å². The molecule has 2 aliphatic rings. The van der Waals surface area contributed by atoms with Gasteiger partial charge in [-0.05, 0) is 146 Å². The Kier molecular flexibility index (Phi) is 9.02. The summed E-state index contributed by atoms with van der Waals surface area (Å²) in [7, 11) is 0. The Hall–Kier alpha value is -7.70. The molecular weight excluding hydrogens is 802 g/mol. The van der Waals surface area contributed by atoms with E-state index in [-0.39, 0.29) is 17.5 Å². The summed E-state index contributed by atoms with van der Waals surface area (Å²) in [5.74, 6) is 0. The molecule has 5 nitrogen and oxygen atoms in total. The number of fused-ring (bicyclic) bond motifs is 7. The number of rotatable bonds is 5. The van der Waals surface area contributed by atoms with Crippen LogP contribution >= 0.6 is 0 Å². The highest BCUT2D eigenvalue weighted by molar-refractivity contribution is 7.00. The predicted octanol–water partition coefficient (Wildman–Crippen LogP) is 13.6. The quantitative estimate of drug-likeness (QED) is 0.162. The lowest BCUT2D eigenvalue weighted by Gasteiger charge is -2.44. The van der Waals surface area contributed by atoms with Crippen molar-refractivity contribution < 1.29 is 0 Å². The van der Waals surface area contributed by atoms with E-state index in [1.807, 2.05) is 24.8 Å². The zero-order valence-corrected chi connectivity index (χ0v) is 38.3. The van der Waals surface area contributed by atoms with E-state index in [2.05, 4.69) is 236 Å². The molecule has 0 saturated heterocycles. The normalized spacial score (nSPS) is 13.2. The van der Waals surface area contributed by atoms with Crippen LogP contribution in [0.5, 0.6) is 0 Å². The van der Waals surface area contributed by atoms with Crippen molar-refractivity contribution in [1.29, 1.82) is 0 Å². The van der Waals surface area contributed by atoms with Crippen molar-refractivity contribution in [2.24, 2.45) is 0 Å². The highest BCUT2D eigenvalue weighted by Gasteiger charge is 2.44. The van der Waals surface area contributed by atoms with Gasteiger partial charge in [0.05, 0.1) is 16.7 Å². The summed E-state index contributed by atoms with van der Waals surface area (Å²) in [6.45, 7) is 13.8. The number of pyridine rings is 2. The third-order valence-electron chi connectivity index (χ3n) is 13.9. The molecular formula is C60H50BN5. The topological polar surface area (TPSA) is 37.2 Å². The zero-order chi connectivity index (χ0) is 44.9. The molecule has 0 saturated carbocycles. The fourth-order valence-corrected chi connectivity index (χ4v) is 10.5. The summed E-state index contributed by atoms with van der Waals surface area (Å²) in [4.78, 5) is 13.8. The Balaban J connectivity index is 1.23. The largest absolute Gasteiger partial charge is 0.311 e. The number of anilines is 6. The average Bonchev–Trinajstić information content (AvgIpc) is 3.67. The van der Waals surface area contributed by atoms with Gasteiger partial charge in [0.1, 0.15) is 0 Å². The van der Waals surface area contributed by atoms with Gasteiger partial charge >= 0.3 is 0 Å². The van der Waals surface area contributed by atoms with E-state index < -0.39 is 0 Å². The molecule has 0 bridgehead atoms. The standard InChI is InChI=1S/C60H50BN5/c1-59(2,3)43-19-21-48-49-22-20-44(60(4,5)6)36-55(49)66(54(48)35-43)47-37-56-58-57(38-47)65(46-15-11-8-12-16-46)53-24-18-42(40-27-31-63-32-28-40)34-51(53)61(58)50-33-41(39-25-29-62-30-26-39)17-23-52(50)64(56)45-13-9-7-10-14-45/h7-38H,1-6H3. The molecule has 0 N–H and O–H groups in total. The Morgan fingerprint density at radius 2 is 0.803 bits per heavy atom. The van der Waals surface area contributed by atoms with E-state index in [1.165, 1.54) is 60.7 Å². The van der Waals surface area contributed by atoms with Crippen LogP contribution in [0.25, 0.3) is 49.7 Å². The molecule has 0 amide bonds. The molecule has 0 atom stereocenters. The lowest BCUT2D eigenvalue weighted by molar-refractivity contribution is 0.591. The van der Waals surface area contributed by atoms with Crippen molar-refractivity contribution in [1.82, 2.24) is 14.5 Å². The van der Waals surface area contributed by atoms with Gasteiger partial charge in [-0.3, -0.25) is 9.97 Å². The van der Waals surface area contributed by atoms with E-state index in [0.717, 1.165) is 50.7 Å². The summed E-state index contributed by atoms with van der Waals surface area (Å²) < 4.78 is 2.55. The van der Waals surface area contributed by atoms with E-state index in [1.54, 1.807) is 0 Å². The first-order chi connectivity index (χ1) is 32.0. The van der Waals surface area contributed by atoms with Crippen molar-refractivity contribution in [2.45, 2.75) is 52.4 Å². The first-order valence-electron chi connectivity index (χ1n) is 23.1. The molecule has 12 rings (SSSR count). The van der Waals surface area contributed by atoms with Gasteiger partial charge in [0.2, 0.25) is 0 Å². The molecule has 318 valence electrons. The number of hydrogen-bond donors (Lipinski definition) is 0. The molecule has 10 aromatic rings. The van der Waals surface area contributed by atoms with Crippen LogP contribution in [-0.2, 0) is 10.8 Å². The SMILES string of the molecule is CC(C)(C)c1ccc2c3ccc(C(C)(C)C)cc3n(-c3cc4c5c(c3)N(c3ccccc3)c3ccc(-c6ccncc6)cc3B5c3cc(-c5ccncc5)ccc3N4c3ccccc3)c2c1. The zero-order valence-electron chi connectivity index (χ0n) is 38.3. The third-order valence-corrected chi connectivity index (χ3v) is 13.9. The maximum atomic E-state index is 4.38. The van der Waals surface area contributed by atoms with Gasteiger partial charge in [-0.2, -0.15) is 0 Å². The maximum absolute atomic E-state index is 4.38. The molecule has 0 fully saturated rings. The number of para-hydroxylation sites is 2. The van der Waals surface area contributed by atoms with Crippen LogP contribution in [0.4, 0.5) is 34.1 Å². The fourth-order valence-electron chi connectivity index (χ4n) is 10.5. The summed E-state index contributed by atoms with van der Waals surface area (Å²) >= 11 is 0. The van der Waals surface area contributed by atoms with Gasteiger partial charge in [-0.15, -0.1) is 0 Å². The fraction of sp³-hybridized carbons (Fsp3) is 0.133. The Morgan fingerprint density at radius 3 is 1.21 bits per heavy atom. The van der Waals surface area contributed by atoms with Crippen molar-refractivity contribution in [3.05, 3.63) is 206 Å². The van der Waals surface area contributed by atoms with Crippen molar-refractivity contribution in [2.75, 3.05) is 9.80 Å². The molecule has 0 spiro atoms. The molecule has 2 aliphatic heterocycles. The van der Waals surface area contributed by atoms with Crippen LogP contribution in [0.15, 0.2) is 195 Å². The van der Waals surface area contributed by atoms with Crippen LogP contribution in [0.2, 0.25) is 0 Å². The average molecular weight is 852 g/mol. The third kappa shape index (κ3) is 6.38. The maximum Gasteiger partial charge on any atom is 0.252 e. The van der Waals surface area contributed by atoms with Crippen LogP contribution in [0, 0.1) is 0 Å².